The van der Waals surface area contributed by atoms with E-state index < -0.39 is 0 Å². The minimum atomic E-state index is 0.123. The summed E-state index contributed by atoms with van der Waals surface area (Å²) in [6.07, 6.45) is 2.24. The molecule has 0 N–H and O–H groups in total. The van der Waals surface area contributed by atoms with Gasteiger partial charge in [-0.3, -0.25) is 0 Å². The van der Waals surface area contributed by atoms with Gasteiger partial charge in [-0.05, 0) is 143 Å². The molecule has 0 atom stereocenters. The smallest absolute Gasteiger partial charge is 0.0159 e. The molecule has 0 radical (unpaired) electrons. The van der Waals surface area contributed by atoms with Gasteiger partial charge in [0.25, 0.3) is 0 Å². The van der Waals surface area contributed by atoms with Crippen LogP contribution in [0, 0.1) is 0 Å². The highest BCUT2D eigenvalue weighted by Crippen LogP contribution is 2.52. The zero-order chi connectivity index (χ0) is 28.1. The highest BCUT2D eigenvalue weighted by Gasteiger charge is 2.38. The van der Waals surface area contributed by atoms with Gasteiger partial charge in [-0.25, -0.2) is 0 Å². The maximum absolute atomic E-state index is 2.45. The second-order valence-electron chi connectivity index (χ2n) is 13.6. The van der Waals surface area contributed by atoms with Crippen LogP contribution in [0.15, 0.2) is 83.9 Å². The van der Waals surface area contributed by atoms with Crippen molar-refractivity contribution in [2.45, 2.75) is 79.1 Å². The van der Waals surface area contributed by atoms with Crippen LogP contribution in [0.4, 0.5) is 0 Å². The van der Waals surface area contributed by atoms with Gasteiger partial charge in [0.15, 0.2) is 0 Å². The van der Waals surface area contributed by atoms with Crippen molar-refractivity contribution in [2.24, 2.45) is 0 Å². The van der Waals surface area contributed by atoms with E-state index in [1.807, 2.05) is 0 Å². The molecule has 40 heavy (non-hydrogen) atoms. The first-order valence-corrected chi connectivity index (χ1v) is 14.9. The van der Waals surface area contributed by atoms with Crippen LogP contribution in [0.3, 0.4) is 0 Å². The Morgan fingerprint density at radius 3 is 1.20 bits per heavy atom. The molecule has 0 saturated carbocycles. The molecule has 0 saturated heterocycles. The van der Waals surface area contributed by atoms with E-state index in [-0.39, 0.29) is 10.8 Å². The molecule has 0 amide bonds. The third kappa shape index (κ3) is 3.38. The van der Waals surface area contributed by atoms with E-state index in [4.69, 9.17) is 0 Å². The van der Waals surface area contributed by atoms with Crippen LogP contribution in [0.5, 0.6) is 0 Å². The van der Waals surface area contributed by atoms with Crippen LogP contribution in [0.2, 0.25) is 0 Å². The van der Waals surface area contributed by atoms with Crippen LogP contribution < -0.4 is 0 Å². The Bertz CT molecular complexity index is 1680. The molecule has 0 heteroatoms. The fourth-order valence-electron chi connectivity index (χ4n) is 7.87. The van der Waals surface area contributed by atoms with Crippen molar-refractivity contribution < 1.29 is 0 Å². The summed E-state index contributed by atoms with van der Waals surface area (Å²) in [5.41, 5.74) is 23.9. The summed E-state index contributed by atoms with van der Waals surface area (Å²) in [5, 5.41) is 0. The molecular formula is C40H40. The molecule has 0 aromatic heterocycles. The highest BCUT2D eigenvalue weighted by molar-refractivity contribution is 5.87. The topological polar surface area (TPSA) is 0 Å². The average molecular weight is 521 g/mol. The molecule has 0 nitrogen and oxygen atoms in total. The fourth-order valence-corrected chi connectivity index (χ4v) is 7.87. The van der Waals surface area contributed by atoms with E-state index in [0.717, 1.165) is 12.8 Å². The molecule has 0 bridgehead atoms. The Morgan fingerprint density at radius 2 is 0.800 bits per heavy atom. The molecule has 8 rings (SSSR count). The lowest BCUT2D eigenvalue weighted by atomic mass is 9.81. The van der Waals surface area contributed by atoms with Crippen molar-refractivity contribution in [2.75, 3.05) is 0 Å². The molecular weight excluding hydrogens is 480 g/mol. The molecule has 4 aliphatic carbocycles. The Balaban J connectivity index is 0.000000132. The fraction of sp³-hybridized carbons (Fsp3) is 0.300. The maximum Gasteiger partial charge on any atom is 0.0159 e. The standard InChI is InChI=1S/2C20H20/c2*1-12-9-14-10-17-15-7-5-6-8-18(15)20(3,4)19(17)11-16(14)13(12)2/h2*5-8,10-11H,9H2,1-4H3. The normalized spacial score (nSPS) is 18.0. The van der Waals surface area contributed by atoms with Gasteiger partial charge < -0.3 is 0 Å². The van der Waals surface area contributed by atoms with Crippen molar-refractivity contribution in [1.82, 2.24) is 0 Å². The van der Waals surface area contributed by atoms with Crippen molar-refractivity contribution in [3.63, 3.8) is 0 Å². The predicted octanol–water partition coefficient (Wildman–Crippen LogP) is 10.7. The number of benzene rings is 4. The van der Waals surface area contributed by atoms with Crippen molar-refractivity contribution in [3.8, 4) is 22.3 Å². The number of hydrogen-bond donors (Lipinski definition) is 0. The Kier molecular flexibility index (Phi) is 5.34. The second kappa shape index (κ2) is 8.43. The number of hydrogen-bond acceptors (Lipinski definition) is 0. The first-order valence-electron chi connectivity index (χ1n) is 14.9. The van der Waals surface area contributed by atoms with Gasteiger partial charge in [0.2, 0.25) is 0 Å². The number of allylic oxidation sites excluding steroid dienone is 4. The Morgan fingerprint density at radius 1 is 0.425 bits per heavy atom. The molecule has 0 fully saturated rings. The lowest BCUT2D eigenvalue weighted by Gasteiger charge is -2.22. The maximum atomic E-state index is 2.45. The third-order valence-corrected chi connectivity index (χ3v) is 10.6. The van der Waals surface area contributed by atoms with E-state index in [1.165, 1.54) is 89.1 Å². The van der Waals surface area contributed by atoms with Gasteiger partial charge in [-0.2, -0.15) is 0 Å². The van der Waals surface area contributed by atoms with Gasteiger partial charge in [0.1, 0.15) is 0 Å². The number of fused-ring (bicyclic) bond motifs is 8. The van der Waals surface area contributed by atoms with Crippen LogP contribution in [-0.2, 0) is 23.7 Å². The molecule has 4 aromatic rings. The van der Waals surface area contributed by atoms with E-state index in [9.17, 15) is 0 Å². The summed E-state index contributed by atoms with van der Waals surface area (Å²) in [5.74, 6) is 0. The summed E-state index contributed by atoms with van der Waals surface area (Å²) in [6.45, 7) is 18.5. The summed E-state index contributed by atoms with van der Waals surface area (Å²) in [7, 11) is 0. The largest absolute Gasteiger partial charge is 0.0654 e. The number of rotatable bonds is 0. The second-order valence-corrected chi connectivity index (χ2v) is 13.6. The van der Waals surface area contributed by atoms with Crippen molar-refractivity contribution in [3.05, 3.63) is 128 Å². The summed E-state index contributed by atoms with van der Waals surface area (Å²) in [6, 6.07) is 27.6. The first kappa shape index (κ1) is 25.3. The van der Waals surface area contributed by atoms with Gasteiger partial charge in [-0.1, -0.05) is 87.4 Å². The monoisotopic (exact) mass is 520 g/mol. The lowest BCUT2D eigenvalue weighted by Crippen LogP contribution is -2.15. The molecule has 0 aliphatic heterocycles. The molecule has 0 unspecified atom stereocenters. The minimum absolute atomic E-state index is 0.123. The van der Waals surface area contributed by atoms with Crippen LogP contribution >= 0.6 is 0 Å². The average Bonchev–Trinajstić information content (AvgIpc) is 3.54. The van der Waals surface area contributed by atoms with Crippen molar-refractivity contribution in [1.29, 1.82) is 0 Å². The summed E-state index contributed by atoms with van der Waals surface area (Å²) < 4.78 is 0. The zero-order valence-electron chi connectivity index (χ0n) is 25.3. The third-order valence-electron chi connectivity index (χ3n) is 10.6. The zero-order valence-corrected chi connectivity index (χ0v) is 25.3. The SMILES string of the molecule is CC1=C(C)c2cc3c(cc2C1)-c1ccccc1C3(C)C.CC1=C(C)c2cc3c(cc2C1)-c1ccccc1C3(C)C. The summed E-state index contributed by atoms with van der Waals surface area (Å²) >= 11 is 0. The molecule has 0 heterocycles. The predicted molar refractivity (Wildman–Crippen MR) is 172 cm³/mol. The van der Waals surface area contributed by atoms with E-state index in [0.29, 0.717) is 0 Å². The first-order chi connectivity index (χ1) is 19.0. The highest BCUT2D eigenvalue weighted by atomic mass is 14.4. The lowest BCUT2D eigenvalue weighted by molar-refractivity contribution is 0.660. The van der Waals surface area contributed by atoms with E-state index in [1.54, 1.807) is 0 Å². The van der Waals surface area contributed by atoms with Crippen LogP contribution in [0.25, 0.3) is 33.4 Å². The quantitative estimate of drug-likeness (QED) is 0.216. The molecule has 4 aliphatic rings. The Labute approximate surface area is 240 Å². The minimum Gasteiger partial charge on any atom is -0.0654 e. The molecule has 200 valence electrons. The molecule has 0 spiro atoms. The van der Waals surface area contributed by atoms with Gasteiger partial charge in [0.05, 0.1) is 0 Å². The summed E-state index contributed by atoms with van der Waals surface area (Å²) in [4.78, 5) is 0. The molecule has 4 aromatic carbocycles. The van der Waals surface area contributed by atoms with Crippen LogP contribution in [0.1, 0.15) is 99.9 Å². The van der Waals surface area contributed by atoms with Gasteiger partial charge >= 0.3 is 0 Å². The van der Waals surface area contributed by atoms with Crippen LogP contribution in [-0.4, -0.2) is 0 Å². The van der Waals surface area contributed by atoms with E-state index >= 15 is 0 Å². The van der Waals surface area contributed by atoms with Gasteiger partial charge in [0, 0.05) is 10.8 Å². The van der Waals surface area contributed by atoms with E-state index in [2.05, 4.69) is 128 Å². The Hall–Kier alpha value is -3.64. The van der Waals surface area contributed by atoms with Gasteiger partial charge in [-0.15, -0.1) is 0 Å². The van der Waals surface area contributed by atoms with Crippen molar-refractivity contribution >= 4 is 11.1 Å².